The van der Waals surface area contributed by atoms with E-state index in [9.17, 15) is 9.59 Å². The summed E-state index contributed by atoms with van der Waals surface area (Å²) in [5, 5.41) is 2.77. The highest BCUT2D eigenvalue weighted by atomic mass is 16.6. The Kier molecular flexibility index (Phi) is 5.25. The summed E-state index contributed by atoms with van der Waals surface area (Å²) in [5.74, 6) is 0.461. The minimum Gasteiger partial charge on any atom is -0.485 e. The number of esters is 1. The lowest BCUT2D eigenvalue weighted by atomic mass is 10.1. The number of benzene rings is 1. The Morgan fingerprint density at radius 1 is 1.27 bits per heavy atom. The third kappa shape index (κ3) is 4.13. The fraction of sp³-hybridized carbons (Fsp3) is 0.500. The molecule has 1 aliphatic heterocycles. The Bertz CT molecular complexity index is 543. The molecule has 1 heterocycles. The highest BCUT2D eigenvalue weighted by Crippen LogP contribution is 2.31. The number of rotatable bonds is 5. The Morgan fingerprint density at radius 3 is 2.64 bits per heavy atom. The van der Waals surface area contributed by atoms with Gasteiger partial charge in [0, 0.05) is 6.04 Å². The summed E-state index contributed by atoms with van der Waals surface area (Å²) in [6.45, 7) is 5.65. The average molecular weight is 307 g/mol. The van der Waals surface area contributed by atoms with Gasteiger partial charge in [0.1, 0.15) is 6.61 Å². The minimum atomic E-state index is -0.856. The molecule has 1 aliphatic rings. The highest BCUT2D eigenvalue weighted by Gasteiger charge is 2.29. The Hall–Kier alpha value is -2.24. The van der Waals surface area contributed by atoms with Crippen LogP contribution in [0.15, 0.2) is 24.3 Å². The number of carbonyl (C=O) groups is 2. The van der Waals surface area contributed by atoms with Gasteiger partial charge in [-0.3, -0.25) is 4.79 Å². The summed E-state index contributed by atoms with van der Waals surface area (Å²) in [5.41, 5.74) is 0. The first-order valence-electron chi connectivity index (χ1n) is 7.32. The van der Waals surface area contributed by atoms with Crippen LogP contribution < -0.4 is 14.8 Å². The third-order valence-corrected chi connectivity index (χ3v) is 3.51. The summed E-state index contributed by atoms with van der Waals surface area (Å²) in [7, 11) is 0. The minimum absolute atomic E-state index is 0.0207. The zero-order valence-electron chi connectivity index (χ0n) is 13.0. The molecule has 0 saturated carbocycles. The van der Waals surface area contributed by atoms with E-state index in [2.05, 4.69) is 5.32 Å². The lowest BCUT2D eigenvalue weighted by molar-refractivity contribution is -0.157. The summed E-state index contributed by atoms with van der Waals surface area (Å²) in [6, 6.07) is 7.11. The molecule has 2 atom stereocenters. The molecule has 22 heavy (non-hydrogen) atoms. The molecule has 6 heteroatoms. The molecule has 0 radical (unpaired) electrons. The smallest absolute Gasteiger partial charge is 0.351 e. The number of fused-ring (bicyclic) bond motifs is 1. The van der Waals surface area contributed by atoms with Gasteiger partial charge >= 0.3 is 5.97 Å². The van der Waals surface area contributed by atoms with Gasteiger partial charge in [0.2, 0.25) is 6.10 Å². The zero-order valence-corrected chi connectivity index (χ0v) is 13.0. The summed E-state index contributed by atoms with van der Waals surface area (Å²) in [6.07, 6.45) is -0.856. The molecule has 2 rings (SSSR count). The molecule has 0 fully saturated rings. The van der Waals surface area contributed by atoms with Gasteiger partial charge in [0.25, 0.3) is 5.91 Å². The van der Waals surface area contributed by atoms with Crippen LogP contribution in [0.5, 0.6) is 11.5 Å². The number of hydrogen-bond donors (Lipinski definition) is 1. The first-order valence-corrected chi connectivity index (χ1v) is 7.32. The second-order valence-electron chi connectivity index (χ2n) is 5.57. The molecule has 0 saturated heterocycles. The van der Waals surface area contributed by atoms with E-state index in [1.807, 2.05) is 26.8 Å². The van der Waals surface area contributed by atoms with Gasteiger partial charge < -0.3 is 19.5 Å². The zero-order chi connectivity index (χ0) is 16.1. The van der Waals surface area contributed by atoms with E-state index >= 15 is 0 Å². The van der Waals surface area contributed by atoms with E-state index in [1.54, 1.807) is 18.2 Å². The average Bonchev–Trinajstić information content (AvgIpc) is 2.52. The van der Waals surface area contributed by atoms with Crippen molar-refractivity contribution < 1.29 is 23.8 Å². The van der Waals surface area contributed by atoms with Crippen molar-refractivity contribution in [1.82, 2.24) is 5.32 Å². The molecule has 1 amide bonds. The molecule has 0 aromatic heterocycles. The van der Waals surface area contributed by atoms with Crippen molar-refractivity contribution in [2.24, 2.45) is 5.92 Å². The largest absolute Gasteiger partial charge is 0.485 e. The molecule has 6 nitrogen and oxygen atoms in total. The molecule has 1 aromatic rings. The molecular formula is C16H21NO5. The molecule has 0 bridgehead atoms. The van der Waals surface area contributed by atoms with Gasteiger partial charge in [-0.1, -0.05) is 26.0 Å². The van der Waals surface area contributed by atoms with Crippen LogP contribution in [0.1, 0.15) is 20.8 Å². The van der Waals surface area contributed by atoms with Crippen LogP contribution in [0.2, 0.25) is 0 Å². The maximum absolute atomic E-state index is 11.9. The maximum atomic E-state index is 11.9. The number of para-hydroxylation sites is 2. The van der Waals surface area contributed by atoms with Crippen molar-refractivity contribution in [3.63, 3.8) is 0 Å². The number of amides is 1. The van der Waals surface area contributed by atoms with Crippen LogP contribution in [0.3, 0.4) is 0 Å². The van der Waals surface area contributed by atoms with Gasteiger partial charge in [-0.15, -0.1) is 0 Å². The van der Waals surface area contributed by atoms with Crippen LogP contribution in [0, 0.1) is 5.92 Å². The van der Waals surface area contributed by atoms with Crippen LogP contribution in [-0.4, -0.2) is 37.2 Å². The Balaban J connectivity index is 1.80. The maximum Gasteiger partial charge on any atom is 0.351 e. The van der Waals surface area contributed by atoms with Gasteiger partial charge in [-0.2, -0.15) is 0 Å². The Labute approximate surface area is 129 Å². The Morgan fingerprint density at radius 2 is 1.95 bits per heavy atom. The first-order chi connectivity index (χ1) is 10.5. The van der Waals surface area contributed by atoms with Gasteiger partial charge in [-0.05, 0) is 25.0 Å². The standard InChI is InChI=1S/C16H21NO5/c1-10(2)11(3)17-15(18)9-21-16(19)14-8-20-12-6-4-5-7-13(12)22-14/h4-7,10-11,14H,8-9H2,1-3H3,(H,17,18)/t11-,14+/m0/s1. The van der Waals surface area contributed by atoms with Crippen LogP contribution >= 0.6 is 0 Å². The van der Waals surface area contributed by atoms with Gasteiger partial charge in [-0.25, -0.2) is 4.79 Å². The van der Waals surface area contributed by atoms with Crippen LogP contribution in [0.4, 0.5) is 0 Å². The van der Waals surface area contributed by atoms with Crippen molar-refractivity contribution in [1.29, 1.82) is 0 Å². The molecule has 0 spiro atoms. The lowest BCUT2D eigenvalue weighted by Gasteiger charge is -2.25. The molecule has 1 aromatic carbocycles. The van der Waals surface area contributed by atoms with E-state index in [0.717, 1.165) is 0 Å². The van der Waals surface area contributed by atoms with E-state index in [0.29, 0.717) is 17.4 Å². The number of ether oxygens (including phenoxy) is 3. The van der Waals surface area contributed by atoms with Crippen LogP contribution in [-0.2, 0) is 14.3 Å². The number of hydrogen-bond acceptors (Lipinski definition) is 5. The molecule has 120 valence electrons. The molecule has 0 aliphatic carbocycles. The summed E-state index contributed by atoms with van der Waals surface area (Å²) < 4.78 is 15.9. The summed E-state index contributed by atoms with van der Waals surface area (Å²) >= 11 is 0. The topological polar surface area (TPSA) is 73.9 Å². The van der Waals surface area contributed by atoms with Crippen molar-refractivity contribution in [3.8, 4) is 11.5 Å². The summed E-state index contributed by atoms with van der Waals surface area (Å²) in [4.78, 5) is 23.6. The van der Waals surface area contributed by atoms with E-state index in [-0.39, 0.29) is 25.2 Å². The van der Waals surface area contributed by atoms with E-state index in [1.165, 1.54) is 0 Å². The van der Waals surface area contributed by atoms with Crippen molar-refractivity contribution in [2.75, 3.05) is 13.2 Å². The van der Waals surface area contributed by atoms with Crippen LogP contribution in [0.25, 0.3) is 0 Å². The van der Waals surface area contributed by atoms with E-state index in [4.69, 9.17) is 14.2 Å². The number of carbonyl (C=O) groups excluding carboxylic acids is 2. The fourth-order valence-corrected chi connectivity index (χ4v) is 1.83. The number of nitrogens with one attached hydrogen (secondary N) is 1. The fourth-order valence-electron chi connectivity index (χ4n) is 1.83. The highest BCUT2D eigenvalue weighted by molar-refractivity contribution is 5.82. The first kappa shape index (κ1) is 16.1. The second-order valence-corrected chi connectivity index (χ2v) is 5.57. The monoisotopic (exact) mass is 307 g/mol. The predicted octanol–water partition coefficient (Wildman–Crippen LogP) is 1.53. The second kappa shape index (κ2) is 7.15. The molecule has 0 unspecified atom stereocenters. The normalized spacial score (nSPS) is 17.7. The third-order valence-electron chi connectivity index (χ3n) is 3.51. The van der Waals surface area contributed by atoms with E-state index < -0.39 is 12.1 Å². The predicted molar refractivity (Wildman–Crippen MR) is 79.8 cm³/mol. The molecular weight excluding hydrogens is 286 g/mol. The van der Waals surface area contributed by atoms with Crippen molar-refractivity contribution >= 4 is 11.9 Å². The van der Waals surface area contributed by atoms with Crippen molar-refractivity contribution in [3.05, 3.63) is 24.3 Å². The van der Waals surface area contributed by atoms with Crippen molar-refractivity contribution in [2.45, 2.75) is 32.9 Å². The molecule has 1 N–H and O–H groups in total. The quantitative estimate of drug-likeness (QED) is 0.835. The lowest BCUT2D eigenvalue weighted by Crippen LogP contribution is -2.42. The van der Waals surface area contributed by atoms with Gasteiger partial charge in [0.05, 0.1) is 0 Å². The SMILES string of the molecule is CC(C)[C@H](C)NC(=O)COC(=O)[C@H]1COc2ccccc2O1. The van der Waals surface area contributed by atoms with Gasteiger partial charge in [0.15, 0.2) is 18.1 Å².